The molecule has 0 radical (unpaired) electrons. The summed E-state index contributed by atoms with van der Waals surface area (Å²) in [7, 11) is 7.89. The van der Waals surface area contributed by atoms with Gasteiger partial charge in [0.1, 0.15) is 11.9 Å². The largest absolute Gasteiger partial charge is 0.493 e. The molecule has 0 fully saturated rings. The van der Waals surface area contributed by atoms with Crippen LogP contribution in [-0.4, -0.2) is 59.8 Å². The molecule has 0 saturated carbocycles. The van der Waals surface area contributed by atoms with Gasteiger partial charge in [-0.05, 0) is 73.4 Å². The van der Waals surface area contributed by atoms with Crippen molar-refractivity contribution >= 4 is 11.6 Å². The summed E-state index contributed by atoms with van der Waals surface area (Å²) in [5.41, 5.74) is 4.31. The summed E-state index contributed by atoms with van der Waals surface area (Å²) in [5.74, 6) is 4.32. The van der Waals surface area contributed by atoms with Crippen LogP contribution in [0.3, 0.4) is 0 Å². The number of amides is 1. The molecule has 2 heterocycles. The van der Waals surface area contributed by atoms with Crippen molar-refractivity contribution in [1.29, 1.82) is 0 Å². The van der Waals surface area contributed by atoms with E-state index in [0.29, 0.717) is 76.0 Å². The topological polar surface area (TPSA) is 132 Å². The van der Waals surface area contributed by atoms with E-state index >= 15 is 0 Å². The fourth-order valence-corrected chi connectivity index (χ4v) is 5.90. The number of rotatable bonds is 16. The second-order valence-corrected chi connectivity index (χ2v) is 11.6. The van der Waals surface area contributed by atoms with Gasteiger partial charge in [-0.3, -0.25) is 4.79 Å². The molecule has 0 aliphatic carbocycles. The predicted molar refractivity (Wildman–Crippen MR) is 192 cm³/mol. The molecule has 12 heteroatoms. The van der Waals surface area contributed by atoms with Crippen LogP contribution < -0.4 is 43.8 Å². The second-order valence-electron chi connectivity index (χ2n) is 11.6. The fraction of sp³-hybridized carbons (Fsp3) is 0.282. The van der Waals surface area contributed by atoms with Crippen LogP contribution >= 0.6 is 0 Å². The Kier molecular flexibility index (Phi) is 11.0. The number of ether oxygens (including phenoxy) is 7. The van der Waals surface area contributed by atoms with E-state index in [4.69, 9.17) is 37.7 Å². The molecule has 1 atom stereocenters. The highest BCUT2D eigenvalue weighted by Gasteiger charge is 2.25. The molecule has 0 bridgehead atoms. The Labute approximate surface area is 296 Å². The summed E-state index contributed by atoms with van der Waals surface area (Å²) < 4.78 is 45.7. The highest BCUT2D eigenvalue weighted by atomic mass is 16.5. The number of benzene rings is 4. The second kappa shape index (κ2) is 16.1. The number of hydrogen-bond acceptors (Lipinski definition) is 11. The lowest BCUT2D eigenvalue weighted by molar-refractivity contribution is 0.0935. The highest BCUT2D eigenvalue weighted by Crippen LogP contribution is 2.43. The summed E-state index contributed by atoms with van der Waals surface area (Å²) in [6, 6.07) is 24.2. The molecular weight excluding hydrogens is 654 g/mol. The Morgan fingerprint density at radius 2 is 1.31 bits per heavy atom. The van der Waals surface area contributed by atoms with Crippen molar-refractivity contribution in [2.75, 3.05) is 54.1 Å². The molecule has 4 aromatic carbocycles. The minimum atomic E-state index is -0.378. The van der Waals surface area contributed by atoms with Gasteiger partial charge in [-0.2, -0.15) is 0 Å². The number of nitrogens with one attached hydrogen (secondary N) is 2. The van der Waals surface area contributed by atoms with Crippen molar-refractivity contribution in [2.45, 2.75) is 25.4 Å². The smallest absolute Gasteiger partial charge is 0.255 e. The lowest BCUT2D eigenvalue weighted by Crippen LogP contribution is -2.38. The van der Waals surface area contributed by atoms with E-state index in [1.54, 1.807) is 41.6 Å². The van der Waals surface area contributed by atoms with E-state index in [0.717, 1.165) is 36.1 Å². The quantitative estimate of drug-likeness (QED) is 0.0993. The van der Waals surface area contributed by atoms with Crippen LogP contribution in [0.2, 0.25) is 0 Å². The number of anilines is 1. The molecule has 6 rings (SSSR count). The van der Waals surface area contributed by atoms with Gasteiger partial charge in [0.15, 0.2) is 40.3 Å². The van der Waals surface area contributed by atoms with Gasteiger partial charge in [-0.25, -0.2) is 0 Å². The number of carbonyl (C=O) groups excluding carboxylic acids is 1. The molecule has 51 heavy (non-hydrogen) atoms. The third-order valence-corrected chi connectivity index (χ3v) is 8.49. The molecule has 1 aromatic heterocycles. The number of para-hydroxylation sites is 2. The van der Waals surface area contributed by atoms with Crippen LogP contribution in [0, 0.1) is 0 Å². The fourth-order valence-electron chi connectivity index (χ4n) is 5.90. The van der Waals surface area contributed by atoms with Gasteiger partial charge in [0.05, 0.1) is 59.9 Å². The maximum atomic E-state index is 12.6. The molecule has 12 nitrogen and oxygen atoms in total. The molecule has 1 aliphatic heterocycles. The van der Waals surface area contributed by atoms with Gasteiger partial charge in [-0.1, -0.05) is 29.4 Å². The summed E-state index contributed by atoms with van der Waals surface area (Å²) in [6.45, 7) is 1.01. The summed E-state index contributed by atoms with van der Waals surface area (Å²) in [6.07, 6.45) is 2.15. The molecule has 266 valence electrons. The number of carbonyl (C=O) groups is 1. The Morgan fingerprint density at radius 1 is 0.627 bits per heavy atom. The van der Waals surface area contributed by atoms with E-state index < -0.39 is 0 Å². The maximum absolute atomic E-state index is 12.6. The number of fused-ring (bicyclic) bond motifs is 1. The average Bonchev–Trinajstić information content (AvgIpc) is 3.67. The van der Waals surface area contributed by atoms with Crippen molar-refractivity contribution in [2.24, 2.45) is 0 Å². The molecule has 0 spiro atoms. The Morgan fingerprint density at radius 3 is 2.02 bits per heavy atom. The van der Waals surface area contributed by atoms with Crippen molar-refractivity contribution in [1.82, 2.24) is 10.5 Å². The zero-order valence-corrected chi connectivity index (χ0v) is 29.2. The summed E-state index contributed by atoms with van der Waals surface area (Å²) in [5, 5.41) is 10.6. The normalized spacial score (nSPS) is 13.4. The van der Waals surface area contributed by atoms with Crippen molar-refractivity contribution < 1.29 is 42.5 Å². The van der Waals surface area contributed by atoms with Crippen molar-refractivity contribution in [3.63, 3.8) is 0 Å². The van der Waals surface area contributed by atoms with E-state index in [1.807, 2.05) is 72.8 Å². The lowest BCUT2D eigenvalue weighted by Gasteiger charge is -2.28. The van der Waals surface area contributed by atoms with Crippen LogP contribution in [0.1, 0.15) is 41.3 Å². The van der Waals surface area contributed by atoms with Crippen LogP contribution in [0.25, 0.3) is 22.6 Å². The predicted octanol–water partition coefficient (Wildman–Crippen LogP) is 7.53. The minimum Gasteiger partial charge on any atom is -0.493 e. The first-order valence-electron chi connectivity index (χ1n) is 16.5. The van der Waals surface area contributed by atoms with Crippen LogP contribution in [0.4, 0.5) is 5.69 Å². The molecule has 1 unspecified atom stereocenters. The molecule has 0 saturated heterocycles. The third kappa shape index (κ3) is 7.59. The van der Waals surface area contributed by atoms with Crippen LogP contribution in [0.15, 0.2) is 83.4 Å². The number of methoxy groups -OCH3 is 5. The van der Waals surface area contributed by atoms with E-state index in [-0.39, 0.29) is 12.1 Å². The first-order chi connectivity index (χ1) is 25.0. The summed E-state index contributed by atoms with van der Waals surface area (Å²) in [4.78, 5) is 12.6. The highest BCUT2D eigenvalue weighted by molar-refractivity contribution is 6.01. The van der Waals surface area contributed by atoms with Gasteiger partial charge in [-0.15, -0.1) is 0 Å². The number of nitrogens with zero attached hydrogens (tertiary/aromatic N) is 1. The maximum Gasteiger partial charge on any atom is 0.255 e. The third-order valence-electron chi connectivity index (χ3n) is 8.49. The van der Waals surface area contributed by atoms with Crippen molar-refractivity contribution in [3.8, 4) is 62.8 Å². The summed E-state index contributed by atoms with van der Waals surface area (Å²) >= 11 is 0. The standard InChI is InChI=1S/C39H41N3O9/c1-44-33-20-24(38-40-28-14-8-7-12-26(28)39(43)41-38)16-17-30(33)49-18-9-6-10-19-50-31-15-11-13-27(36(31)47-4)32-23-29(42-51-32)25-21-34(45-2)37(48-5)35(22-25)46-3/h7-8,11-17,20-23,38,40H,6,9-10,18-19H2,1-5H3,(H,41,43). The molecule has 5 aromatic rings. The molecule has 2 N–H and O–H groups in total. The first-order valence-corrected chi connectivity index (χ1v) is 16.5. The number of hydrogen-bond donors (Lipinski definition) is 2. The molecule has 1 amide bonds. The number of aromatic nitrogens is 1. The Hall–Kier alpha value is -6.04. The van der Waals surface area contributed by atoms with Gasteiger partial charge < -0.3 is 48.3 Å². The monoisotopic (exact) mass is 695 g/mol. The molecule has 1 aliphatic rings. The minimum absolute atomic E-state index is 0.124. The van der Waals surface area contributed by atoms with Crippen molar-refractivity contribution in [3.05, 3.63) is 90.0 Å². The van der Waals surface area contributed by atoms with E-state index in [2.05, 4.69) is 15.8 Å². The Balaban J connectivity index is 1.01. The van der Waals surface area contributed by atoms with E-state index in [1.165, 1.54) is 0 Å². The van der Waals surface area contributed by atoms with Gasteiger partial charge in [0, 0.05) is 17.3 Å². The van der Waals surface area contributed by atoms with E-state index in [9.17, 15) is 4.79 Å². The van der Waals surface area contributed by atoms with Gasteiger partial charge >= 0.3 is 0 Å². The zero-order chi connectivity index (χ0) is 35.7. The van der Waals surface area contributed by atoms with Crippen LogP contribution in [-0.2, 0) is 0 Å². The molecular formula is C39H41N3O9. The Bertz CT molecular complexity index is 1950. The zero-order valence-electron chi connectivity index (χ0n) is 29.2. The van der Waals surface area contributed by atoms with Gasteiger partial charge in [0.25, 0.3) is 5.91 Å². The van der Waals surface area contributed by atoms with Crippen LogP contribution in [0.5, 0.6) is 40.2 Å². The lowest BCUT2D eigenvalue weighted by atomic mass is 10.1. The SMILES string of the molecule is COc1cc(C2NC(=O)c3ccccc3N2)ccc1OCCCCCOc1cccc(-c2cc(-c3cc(OC)c(OC)c(OC)c3)no2)c1OC. The average molecular weight is 696 g/mol. The first kappa shape index (κ1) is 34.8. The van der Waals surface area contributed by atoms with Gasteiger partial charge in [0.2, 0.25) is 5.75 Å². The number of unbranched alkanes of at least 4 members (excludes halogenated alkanes) is 2.